The molecule has 1 unspecified atom stereocenters. The van der Waals surface area contributed by atoms with Crippen LogP contribution in [0.25, 0.3) is 10.8 Å². The SMILES string of the molecule is CCCCC1S/C(=N\N=C\c2ccc(Br)cc2)N(Cc2cccc3ccccc23)C1=O. The molecule has 0 N–H and O–H groups in total. The van der Waals surface area contributed by atoms with Crippen LogP contribution < -0.4 is 0 Å². The van der Waals surface area contributed by atoms with Gasteiger partial charge in [0.15, 0.2) is 5.17 Å². The standard InChI is InChI=1S/C25H24BrN3OS/c1-2-3-11-23-24(30)29(17-20-9-6-8-19-7-4-5-10-22(19)20)25(31-23)28-27-16-18-12-14-21(26)15-13-18/h4-10,12-16,23H,2-3,11,17H2,1H3/b27-16+,28-25-. The number of fused-ring (bicyclic) bond motifs is 1. The minimum atomic E-state index is -0.0865. The predicted octanol–water partition coefficient (Wildman–Crippen LogP) is 6.63. The Bertz CT molecular complexity index is 1120. The topological polar surface area (TPSA) is 45.0 Å². The summed E-state index contributed by atoms with van der Waals surface area (Å²) in [4.78, 5) is 15.0. The molecule has 0 aromatic heterocycles. The molecule has 1 aliphatic rings. The summed E-state index contributed by atoms with van der Waals surface area (Å²) in [6, 6.07) is 22.4. The zero-order valence-electron chi connectivity index (χ0n) is 17.4. The fourth-order valence-electron chi connectivity index (χ4n) is 3.60. The first kappa shape index (κ1) is 21.8. The fourth-order valence-corrected chi connectivity index (χ4v) is 5.01. The van der Waals surface area contributed by atoms with Crippen molar-refractivity contribution in [2.45, 2.75) is 38.0 Å². The number of benzene rings is 3. The highest BCUT2D eigenvalue weighted by molar-refractivity contribution is 9.10. The zero-order valence-corrected chi connectivity index (χ0v) is 19.8. The van der Waals surface area contributed by atoms with Gasteiger partial charge in [-0.25, -0.2) is 0 Å². The van der Waals surface area contributed by atoms with E-state index in [9.17, 15) is 4.79 Å². The lowest BCUT2D eigenvalue weighted by Gasteiger charge is -2.17. The first-order valence-electron chi connectivity index (χ1n) is 10.5. The van der Waals surface area contributed by atoms with E-state index >= 15 is 0 Å². The highest BCUT2D eigenvalue weighted by Crippen LogP contribution is 2.33. The van der Waals surface area contributed by atoms with Crippen LogP contribution >= 0.6 is 27.7 Å². The Balaban J connectivity index is 1.61. The van der Waals surface area contributed by atoms with Crippen molar-refractivity contribution in [3.63, 3.8) is 0 Å². The average molecular weight is 494 g/mol. The van der Waals surface area contributed by atoms with Crippen LogP contribution in [0.1, 0.15) is 37.3 Å². The molecule has 6 heteroatoms. The molecule has 0 aliphatic carbocycles. The van der Waals surface area contributed by atoms with Gasteiger partial charge in [-0.1, -0.05) is 102 Å². The lowest BCUT2D eigenvalue weighted by molar-refractivity contribution is -0.126. The Morgan fingerprint density at radius 2 is 1.84 bits per heavy atom. The lowest BCUT2D eigenvalue weighted by Crippen LogP contribution is -2.31. The molecule has 4 nitrogen and oxygen atoms in total. The lowest BCUT2D eigenvalue weighted by atomic mass is 10.0. The van der Waals surface area contributed by atoms with Crippen molar-refractivity contribution >= 4 is 55.8 Å². The second-order valence-electron chi connectivity index (χ2n) is 7.49. The maximum atomic E-state index is 13.2. The number of amidine groups is 1. The van der Waals surface area contributed by atoms with Gasteiger partial charge < -0.3 is 0 Å². The summed E-state index contributed by atoms with van der Waals surface area (Å²) in [5.74, 6) is 0.129. The van der Waals surface area contributed by atoms with Crippen molar-refractivity contribution in [3.8, 4) is 0 Å². The van der Waals surface area contributed by atoms with E-state index in [2.05, 4.69) is 57.3 Å². The Hall–Kier alpha value is -2.44. The van der Waals surface area contributed by atoms with E-state index in [1.165, 1.54) is 17.1 Å². The van der Waals surface area contributed by atoms with Crippen molar-refractivity contribution in [1.82, 2.24) is 4.90 Å². The molecule has 4 rings (SSSR count). The third kappa shape index (κ3) is 5.25. The maximum Gasteiger partial charge on any atom is 0.242 e. The molecule has 1 heterocycles. The van der Waals surface area contributed by atoms with Crippen molar-refractivity contribution in [2.24, 2.45) is 10.2 Å². The number of hydrogen-bond donors (Lipinski definition) is 0. The Morgan fingerprint density at radius 1 is 1.06 bits per heavy atom. The highest BCUT2D eigenvalue weighted by atomic mass is 79.9. The predicted molar refractivity (Wildman–Crippen MR) is 135 cm³/mol. The molecule has 1 fully saturated rings. The van der Waals surface area contributed by atoms with Gasteiger partial charge in [0.2, 0.25) is 5.91 Å². The Kier molecular flexibility index (Phi) is 7.20. The average Bonchev–Trinajstić information content (AvgIpc) is 3.08. The quantitative estimate of drug-likeness (QED) is 0.274. The molecular formula is C25H24BrN3OS. The molecule has 1 saturated heterocycles. The van der Waals surface area contributed by atoms with Gasteiger partial charge >= 0.3 is 0 Å². The smallest absolute Gasteiger partial charge is 0.242 e. The number of unbranched alkanes of at least 4 members (excludes halogenated alkanes) is 1. The van der Waals surface area contributed by atoms with Crippen LogP contribution in [-0.2, 0) is 11.3 Å². The summed E-state index contributed by atoms with van der Waals surface area (Å²) in [6.45, 7) is 2.65. The number of nitrogens with zero attached hydrogens (tertiary/aromatic N) is 3. The van der Waals surface area contributed by atoms with Crippen LogP contribution in [0.4, 0.5) is 0 Å². The van der Waals surface area contributed by atoms with Crippen LogP contribution in [0.5, 0.6) is 0 Å². The Morgan fingerprint density at radius 3 is 2.65 bits per heavy atom. The second-order valence-corrected chi connectivity index (χ2v) is 9.58. The summed E-state index contributed by atoms with van der Waals surface area (Å²) in [5.41, 5.74) is 2.08. The first-order chi connectivity index (χ1) is 15.2. The van der Waals surface area contributed by atoms with Crippen LogP contribution in [0.3, 0.4) is 0 Å². The van der Waals surface area contributed by atoms with Crippen LogP contribution in [-0.4, -0.2) is 27.4 Å². The fraction of sp³-hybridized carbons (Fsp3) is 0.240. The molecule has 0 bridgehead atoms. The van der Waals surface area contributed by atoms with Crippen LogP contribution in [0.2, 0.25) is 0 Å². The van der Waals surface area contributed by atoms with E-state index in [0.717, 1.165) is 40.2 Å². The number of carbonyl (C=O) groups is 1. The summed E-state index contributed by atoms with van der Waals surface area (Å²) in [5, 5.41) is 11.7. The minimum absolute atomic E-state index is 0.0865. The van der Waals surface area contributed by atoms with Gasteiger partial charge in [-0.15, -0.1) is 5.10 Å². The van der Waals surface area contributed by atoms with Gasteiger partial charge in [0.25, 0.3) is 0 Å². The van der Waals surface area contributed by atoms with Gasteiger partial charge in [0.1, 0.15) is 0 Å². The van der Waals surface area contributed by atoms with Crippen molar-refractivity contribution in [1.29, 1.82) is 0 Å². The number of halogens is 1. The Labute approximate surface area is 195 Å². The second kappa shape index (κ2) is 10.2. The summed E-state index contributed by atoms with van der Waals surface area (Å²) < 4.78 is 1.02. The van der Waals surface area contributed by atoms with Crippen LogP contribution in [0, 0.1) is 0 Å². The number of amides is 1. The molecule has 3 aromatic carbocycles. The number of thioether (sulfide) groups is 1. The number of rotatable bonds is 7. The van der Waals surface area contributed by atoms with E-state index in [-0.39, 0.29) is 11.2 Å². The van der Waals surface area contributed by atoms with Crippen LogP contribution in [0.15, 0.2) is 81.4 Å². The van der Waals surface area contributed by atoms with Gasteiger partial charge in [-0.3, -0.25) is 9.69 Å². The van der Waals surface area contributed by atoms with Crippen molar-refractivity contribution in [2.75, 3.05) is 0 Å². The molecular weight excluding hydrogens is 470 g/mol. The first-order valence-corrected chi connectivity index (χ1v) is 12.1. The molecule has 31 heavy (non-hydrogen) atoms. The van der Waals surface area contributed by atoms with E-state index in [1.54, 1.807) is 11.1 Å². The van der Waals surface area contributed by atoms with E-state index in [4.69, 9.17) is 0 Å². The maximum absolute atomic E-state index is 13.2. The summed E-state index contributed by atoms with van der Waals surface area (Å²) in [7, 11) is 0. The monoisotopic (exact) mass is 493 g/mol. The van der Waals surface area contributed by atoms with E-state index in [1.807, 2.05) is 42.5 Å². The highest BCUT2D eigenvalue weighted by Gasteiger charge is 2.37. The zero-order chi connectivity index (χ0) is 21.6. The van der Waals surface area contributed by atoms with E-state index < -0.39 is 0 Å². The van der Waals surface area contributed by atoms with Crippen molar-refractivity contribution < 1.29 is 4.79 Å². The summed E-state index contributed by atoms with van der Waals surface area (Å²) in [6.07, 6.45) is 4.68. The summed E-state index contributed by atoms with van der Waals surface area (Å²) >= 11 is 4.97. The molecule has 0 spiro atoms. The van der Waals surface area contributed by atoms with E-state index in [0.29, 0.717) is 11.7 Å². The van der Waals surface area contributed by atoms with Gasteiger partial charge in [-0.05, 0) is 40.5 Å². The minimum Gasteiger partial charge on any atom is -0.284 e. The third-order valence-electron chi connectivity index (χ3n) is 5.27. The molecule has 158 valence electrons. The largest absolute Gasteiger partial charge is 0.284 e. The molecule has 1 amide bonds. The molecule has 0 saturated carbocycles. The third-order valence-corrected chi connectivity index (χ3v) is 7.03. The molecule has 0 radical (unpaired) electrons. The number of carbonyl (C=O) groups excluding carboxylic acids is 1. The molecule has 1 aliphatic heterocycles. The normalized spacial score (nSPS) is 18.0. The number of hydrogen-bond acceptors (Lipinski definition) is 4. The van der Waals surface area contributed by atoms with Gasteiger partial charge in [-0.2, -0.15) is 5.10 Å². The molecule has 3 aromatic rings. The van der Waals surface area contributed by atoms with Gasteiger partial charge in [0, 0.05) is 4.47 Å². The molecule has 1 atom stereocenters. The van der Waals surface area contributed by atoms with Gasteiger partial charge in [0.05, 0.1) is 18.0 Å². The van der Waals surface area contributed by atoms with Crippen molar-refractivity contribution in [3.05, 3.63) is 82.3 Å².